The number of nitrogens with zero attached hydrogens (tertiary/aromatic N) is 1. The van der Waals surface area contributed by atoms with Crippen molar-refractivity contribution in [1.29, 1.82) is 0 Å². The first kappa shape index (κ1) is 19.5. The molecule has 0 bridgehead atoms. The Morgan fingerprint density at radius 2 is 1.96 bits per heavy atom. The maximum atomic E-state index is 12.3. The molecule has 6 nitrogen and oxygen atoms in total. The summed E-state index contributed by atoms with van der Waals surface area (Å²) in [5.41, 5.74) is -0.597. The molecule has 23 heavy (non-hydrogen) atoms. The molecule has 1 N–H and O–H groups in total. The fourth-order valence-corrected chi connectivity index (χ4v) is 2.53. The van der Waals surface area contributed by atoms with Crippen LogP contribution in [0.25, 0.3) is 0 Å². The lowest BCUT2D eigenvalue weighted by Crippen LogP contribution is -2.50. The third-order valence-corrected chi connectivity index (χ3v) is 3.72. The number of likely N-dealkylation sites (tertiary alicyclic amines) is 1. The van der Waals surface area contributed by atoms with E-state index in [9.17, 15) is 14.4 Å². The second kappa shape index (κ2) is 8.31. The van der Waals surface area contributed by atoms with Gasteiger partial charge in [0.25, 0.3) is 0 Å². The summed E-state index contributed by atoms with van der Waals surface area (Å²) in [6.07, 6.45) is 1.75. The van der Waals surface area contributed by atoms with Gasteiger partial charge in [0, 0.05) is 25.6 Å². The Morgan fingerprint density at radius 1 is 1.30 bits per heavy atom. The van der Waals surface area contributed by atoms with E-state index in [-0.39, 0.29) is 17.7 Å². The van der Waals surface area contributed by atoms with E-state index in [0.29, 0.717) is 32.0 Å². The Hall–Kier alpha value is -1.59. The second-order valence-corrected chi connectivity index (χ2v) is 7.69. The Labute approximate surface area is 138 Å². The summed E-state index contributed by atoms with van der Waals surface area (Å²) in [7, 11) is 0. The summed E-state index contributed by atoms with van der Waals surface area (Å²) < 4.78 is 5.35. The first-order valence-electron chi connectivity index (χ1n) is 8.33. The highest BCUT2D eigenvalue weighted by atomic mass is 16.6. The molecule has 0 aromatic heterocycles. The van der Waals surface area contributed by atoms with Gasteiger partial charge >= 0.3 is 6.09 Å². The molecule has 0 spiro atoms. The van der Waals surface area contributed by atoms with Gasteiger partial charge < -0.3 is 19.7 Å². The zero-order chi connectivity index (χ0) is 17.6. The molecule has 1 aliphatic heterocycles. The number of hydrogen-bond donors (Lipinski definition) is 1. The number of carbonyl (C=O) groups is 3. The van der Waals surface area contributed by atoms with E-state index in [4.69, 9.17) is 4.74 Å². The lowest BCUT2D eigenvalue weighted by Gasteiger charge is -2.36. The van der Waals surface area contributed by atoms with Gasteiger partial charge in [-0.15, -0.1) is 0 Å². The largest absolute Gasteiger partial charge is 0.444 e. The highest BCUT2D eigenvalue weighted by molar-refractivity contribution is 5.80. The van der Waals surface area contributed by atoms with Crippen LogP contribution in [0.15, 0.2) is 0 Å². The molecule has 0 aliphatic carbocycles. The van der Waals surface area contributed by atoms with Gasteiger partial charge in [-0.1, -0.05) is 13.8 Å². The maximum absolute atomic E-state index is 12.3. The van der Waals surface area contributed by atoms with Crippen LogP contribution in [0.5, 0.6) is 0 Å². The summed E-state index contributed by atoms with van der Waals surface area (Å²) in [4.78, 5) is 37.1. The standard InChI is InChI=1S/C17H30N2O4/c1-12(2)6-7-18-15(21)14-8-13(11-20)9-19(10-14)16(22)23-17(3,4)5/h11-14H,6-10H2,1-5H3,(H,18,21)/t13-,14+/m1/s1. The van der Waals surface area contributed by atoms with Crippen LogP contribution in [0.2, 0.25) is 0 Å². The normalized spacial score (nSPS) is 21.9. The molecule has 0 saturated carbocycles. The number of nitrogens with one attached hydrogen (secondary N) is 1. The first-order valence-corrected chi connectivity index (χ1v) is 8.33. The fourth-order valence-electron chi connectivity index (χ4n) is 2.53. The zero-order valence-corrected chi connectivity index (χ0v) is 14.9. The predicted molar refractivity (Wildman–Crippen MR) is 87.9 cm³/mol. The number of piperidine rings is 1. The van der Waals surface area contributed by atoms with Crippen molar-refractivity contribution in [2.24, 2.45) is 17.8 Å². The summed E-state index contributed by atoms with van der Waals surface area (Å²) in [5.74, 6) is -0.260. The van der Waals surface area contributed by atoms with Crippen molar-refractivity contribution in [2.45, 2.75) is 53.1 Å². The van der Waals surface area contributed by atoms with E-state index in [2.05, 4.69) is 19.2 Å². The molecule has 1 rings (SSSR count). The average Bonchev–Trinajstić information content (AvgIpc) is 2.44. The van der Waals surface area contributed by atoms with Crippen LogP contribution < -0.4 is 5.32 Å². The lowest BCUT2D eigenvalue weighted by molar-refractivity contribution is -0.128. The molecule has 2 amide bonds. The Balaban J connectivity index is 2.64. The van der Waals surface area contributed by atoms with Gasteiger partial charge in [-0.3, -0.25) is 4.79 Å². The molecule has 1 saturated heterocycles. The van der Waals surface area contributed by atoms with Gasteiger partial charge in [-0.2, -0.15) is 0 Å². The quantitative estimate of drug-likeness (QED) is 0.786. The smallest absolute Gasteiger partial charge is 0.410 e. The molecule has 0 unspecified atom stereocenters. The van der Waals surface area contributed by atoms with Gasteiger partial charge in [0.1, 0.15) is 11.9 Å². The molecule has 1 heterocycles. The molecule has 0 aromatic carbocycles. The molecule has 132 valence electrons. The zero-order valence-electron chi connectivity index (χ0n) is 14.9. The predicted octanol–water partition coefficient (Wildman–Crippen LogP) is 2.22. The van der Waals surface area contributed by atoms with Crippen molar-refractivity contribution in [3.8, 4) is 0 Å². The third-order valence-electron chi connectivity index (χ3n) is 3.72. The molecule has 2 atom stereocenters. The van der Waals surface area contributed by atoms with Crippen molar-refractivity contribution in [3.63, 3.8) is 0 Å². The van der Waals surface area contributed by atoms with Crippen LogP contribution in [0.3, 0.4) is 0 Å². The Bertz CT molecular complexity index is 429. The van der Waals surface area contributed by atoms with Gasteiger partial charge in [-0.05, 0) is 39.5 Å². The fraction of sp³-hybridized carbons (Fsp3) is 0.824. The number of aldehydes is 1. The first-order chi connectivity index (χ1) is 10.6. The topological polar surface area (TPSA) is 75.7 Å². The van der Waals surface area contributed by atoms with E-state index in [1.54, 1.807) is 20.8 Å². The summed E-state index contributed by atoms with van der Waals surface area (Å²) in [6, 6.07) is 0. The van der Waals surface area contributed by atoms with Crippen molar-refractivity contribution in [1.82, 2.24) is 10.2 Å². The lowest BCUT2D eigenvalue weighted by atomic mass is 9.89. The minimum Gasteiger partial charge on any atom is -0.444 e. The highest BCUT2D eigenvalue weighted by Crippen LogP contribution is 2.23. The van der Waals surface area contributed by atoms with Crippen molar-refractivity contribution < 1.29 is 19.1 Å². The molecule has 1 aliphatic rings. The van der Waals surface area contributed by atoms with E-state index < -0.39 is 11.7 Å². The molecule has 6 heteroatoms. The van der Waals surface area contributed by atoms with Crippen LogP contribution in [0.1, 0.15) is 47.5 Å². The highest BCUT2D eigenvalue weighted by Gasteiger charge is 2.35. The number of amides is 2. The minimum absolute atomic E-state index is 0.0919. The van der Waals surface area contributed by atoms with Crippen LogP contribution in [0, 0.1) is 17.8 Å². The van der Waals surface area contributed by atoms with Gasteiger partial charge in [-0.25, -0.2) is 4.79 Å². The molecule has 0 aromatic rings. The summed E-state index contributed by atoms with van der Waals surface area (Å²) in [5, 5.41) is 2.90. The van der Waals surface area contributed by atoms with Crippen LogP contribution in [0.4, 0.5) is 4.79 Å². The average molecular weight is 326 g/mol. The van der Waals surface area contributed by atoms with E-state index in [0.717, 1.165) is 12.7 Å². The third kappa shape index (κ3) is 7.01. The maximum Gasteiger partial charge on any atom is 0.410 e. The van der Waals surface area contributed by atoms with Crippen LogP contribution >= 0.6 is 0 Å². The van der Waals surface area contributed by atoms with Gasteiger partial charge in [0.05, 0.1) is 5.92 Å². The van der Waals surface area contributed by atoms with Crippen molar-refractivity contribution in [3.05, 3.63) is 0 Å². The van der Waals surface area contributed by atoms with E-state index >= 15 is 0 Å². The molecule has 1 fully saturated rings. The second-order valence-electron chi connectivity index (χ2n) is 7.69. The van der Waals surface area contributed by atoms with Crippen LogP contribution in [-0.4, -0.2) is 48.4 Å². The SMILES string of the molecule is CC(C)CCNC(=O)[C@H]1C[C@@H](C=O)CN(C(=O)OC(C)(C)C)C1. The van der Waals surface area contributed by atoms with Crippen LogP contribution in [-0.2, 0) is 14.3 Å². The number of carbonyl (C=O) groups excluding carboxylic acids is 3. The van der Waals surface area contributed by atoms with Crippen molar-refractivity contribution >= 4 is 18.3 Å². The number of rotatable bonds is 5. The number of hydrogen-bond acceptors (Lipinski definition) is 4. The number of ether oxygens (including phenoxy) is 1. The Morgan fingerprint density at radius 3 is 2.48 bits per heavy atom. The van der Waals surface area contributed by atoms with Crippen molar-refractivity contribution in [2.75, 3.05) is 19.6 Å². The van der Waals surface area contributed by atoms with Gasteiger partial charge in [0.15, 0.2) is 0 Å². The summed E-state index contributed by atoms with van der Waals surface area (Å²) >= 11 is 0. The molecular weight excluding hydrogens is 296 g/mol. The van der Waals surface area contributed by atoms with Gasteiger partial charge in [0.2, 0.25) is 5.91 Å². The molecule has 0 radical (unpaired) electrons. The monoisotopic (exact) mass is 326 g/mol. The molecular formula is C17H30N2O4. The summed E-state index contributed by atoms with van der Waals surface area (Å²) in [6.45, 7) is 10.8. The minimum atomic E-state index is -0.597. The Kier molecular flexibility index (Phi) is 7.03. The van der Waals surface area contributed by atoms with E-state index in [1.165, 1.54) is 4.90 Å². The van der Waals surface area contributed by atoms with E-state index in [1.807, 2.05) is 0 Å².